The lowest BCUT2D eigenvalue weighted by molar-refractivity contribution is -0.187. The standard InChI is InChI=1S/C42H42O12/c1-3-5-7-17-27-49-41(47)51-35-25-15-13-23-33(35)37(43)29-19-9-11-21-31(29)39(45)53-54-40(46)32-22-12-10-20-30(32)38(44)34-24-14-16-26-36(34)52-42(48)50-28-18-8-6-4-2/h9-16,19-26H,3-8,17-18,27-28H2,1-2H3. The normalized spacial score (nSPS) is 10.5. The highest BCUT2D eigenvalue weighted by Gasteiger charge is 2.27. The van der Waals surface area contributed by atoms with Crippen molar-refractivity contribution in [3.8, 4) is 11.5 Å². The van der Waals surface area contributed by atoms with Gasteiger partial charge in [-0.3, -0.25) is 9.59 Å². The van der Waals surface area contributed by atoms with Gasteiger partial charge in [-0.15, -0.1) is 0 Å². The SMILES string of the molecule is CCCCCCOC(=O)Oc1ccccc1C(=O)c1ccccc1C(=O)OOC(=O)c1ccccc1C(=O)c1ccccc1OC(=O)OCCCCCC. The fourth-order valence-electron chi connectivity index (χ4n) is 5.27. The van der Waals surface area contributed by atoms with Crippen molar-refractivity contribution in [2.45, 2.75) is 65.2 Å². The lowest BCUT2D eigenvalue weighted by Crippen LogP contribution is -2.19. The molecule has 0 saturated heterocycles. The molecule has 0 bridgehead atoms. The van der Waals surface area contributed by atoms with Crippen LogP contribution in [-0.4, -0.2) is 49.0 Å². The molecule has 0 radical (unpaired) electrons. The summed E-state index contributed by atoms with van der Waals surface area (Å²) in [5, 5.41) is 0. The van der Waals surface area contributed by atoms with Gasteiger partial charge in [-0.1, -0.05) is 113 Å². The Hall–Kier alpha value is -6.30. The molecule has 4 rings (SSSR count). The second-order valence-electron chi connectivity index (χ2n) is 12.0. The Bertz CT molecular complexity index is 1790. The zero-order chi connectivity index (χ0) is 38.7. The van der Waals surface area contributed by atoms with Crippen LogP contribution in [0.2, 0.25) is 0 Å². The van der Waals surface area contributed by atoms with Gasteiger partial charge in [0.1, 0.15) is 11.5 Å². The molecule has 54 heavy (non-hydrogen) atoms. The first-order valence-corrected chi connectivity index (χ1v) is 17.8. The smallest absolute Gasteiger partial charge is 0.434 e. The number of ether oxygens (including phenoxy) is 4. The number of hydrogen-bond donors (Lipinski definition) is 0. The molecule has 0 atom stereocenters. The van der Waals surface area contributed by atoms with Gasteiger partial charge in [-0.2, -0.15) is 0 Å². The molecule has 0 amide bonds. The van der Waals surface area contributed by atoms with E-state index in [-0.39, 0.29) is 58.1 Å². The van der Waals surface area contributed by atoms with Gasteiger partial charge in [-0.25, -0.2) is 29.0 Å². The number of carbonyl (C=O) groups excluding carboxylic acids is 6. The molecule has 0 spiro atoms. The fourth-order valence-corrected chi connectivity index (χ4v) is 5.27. The van der Waals surface area contributed by atoms with E-state index in [0.717, 1.165) is 38.5 Å². The molecule has 0 aliphatic heterocycles. The first-order chi connectivity index (χ1) is 26.2. The number of ketones is 2. The number of unbranched alkanes of at least 4 members (excludes halogenated alkanes) is 6. The Morgan fingerprint density at radius 1 is 0.407 bits per heavy atom. The highest BCUT2D eigenvalue weighted by atomic mass is 17.2. The van der Waals surface area contributed by atoms with Gasteiger partial charge in [0, 0.05) is 11.1 Å². The van der Waals surface area contributed by atoms with Crippen molar-refractivity contribution in [1.29, 1.82) is 0 Å². The van der Waals surface area contributed by atoms with Crippen molar-refractivity contribution >= 4 is 35.8 Å². The second-order valence-corrected chi connectivity index (χ2v) is 12.0. The molecule has 0 heterocycles. The number of hydrogen-bond acceptors (Lipinski definition) is 12. The van der Waals surface area contributed by atoms with Crippen LogP contribution in [0, 0.1) is 0 Å². The molecule has 0 saturated carbocycles. The third-order valence-electron chi connectivity index (χ3n) is 8.06. The second kappa shape index (κ2) is 21.3. The molecule has 0 aliphatic carbocycles. The summed E-state index contributed by atoms with van der Waals surface area (Å²) in [6.07, 6.45) is 5.26. The number of carbonyl (C=O) groups is 6. The van der Waals surface area contributed by atoms with Crippen LogP contribution in [0.5, 0.6) is 11.5 Å². The van der Waals surface area contributed by atoms with E-state index >= 15 is 0 Å². The average molecular weight is 739 g/mol. The minimum Gasteiger partial charge on any atom is -0.434 e. The molecule has 0 unspecified atom stereocenters. The summed E-state index contributed by atoms with van der Waals surface area (Å²) < 4.78 is 20.9. The molecule has 12 nitrogen and oxygen atoms in total. The summed E-state index contributed by atoms with van der Waals surface area (Å²) in [6, 6.07) is 23.2. The maximum Gasteiger partial charge on any atom is 0.513 e. The first kappa shape index (κ1) is 40.5. The average Bonchev–Trinajstić information content (AvgIpc) is 3.19. The van der Waals surface area contributed by atoms with Gasteiger partial charge in [-0.05, 0) is 49.2 Å². The topological polar surface area (TPSA) is 158 Å². The minimum atomic E-state index is -1.19. The minimum absolute atomic E-state index is 0.0328. The molecule has 0 N–H and O–H groups in total. The van der Waals surface area contributed by atoms with E-state index < -0.39 is 35.8 Å². The first-order valence-electron chi connectivity index (χ1n) is 17.8. The third-order valence-corrected chi connectivity index (χ3v) is 8.06. The predicted molar refractivity (Wildman–Crippen MR) is 196 cm³/mol. The Morgan fingerprint density at radius 2 is 0.741 bits per heavy atom. The molecule has 0 fully saturated rings. The Kier molecular flexibility index (Phi) is 15.9. The van der Waals surface area contributed by atoms with E-state index in [1.165, 1.54) is 72.8 Å². The van der Waals surface area contributed by atoms with Crippen molar-refractivity contribution in [3.05, 3.63) is 130 Å². The molecule has 4 aromatic carbocycles. The maximum atomic E-state index is 13.7. The zero-order valence-electron chi connectivity index (χ0n) is 30.2. The van der Waals surface area contributed by atoms with Crippen molar-refractivity contribution in [3.63, 3.8) is 0 Å². The highest BCUT2D eigenvalue weighted by Crippen LogP contribution is 2.26. The molecule has 12 heteroatoms. The quantitative estimate of drug-likeness (QED) is 0.0238. The number of benzene rings is 4. The van der Waals surface area contributed by atoms with Crippen molar-refractivity contribution in [1.82, 2.24) is 0 Å². The summed E-state index contributed by atoms with van der Waals surface area (Å²) in [5.74, 6) is -3.90. The predicted octanol–water partition coefficient (Wildman–Crippen LogP) is 9.27. The summed E-state index contributed by atoms with van der Waals surface area (Å²) in [7, 11) is 0. The van der Waals surface area contributed by atoms with Crippen LogP contribution in [0.1, 0.15) is 118 Å². The summed E-state index contributed by atoms with van der Waals surface area (Å²) in [6.45, 7) is 4.46. The third kappa shape index (κ3) is 11.6. The van der Waals surface area contributed by atoms with Crippen LogP contribution < -0.4 is 9.47 Å². The molecule has 0 aliphatic rings. The fraction of sp³-hybridized carbons (Fsp3) is 0.286. The molecular weight excluding hydrogens is 696 g/mol. The van der Waals surface area contributed by atoms with E-state index in [9.17, 15) is 28.8 Å². The zero-order valence-corrected chi connectivity index (χ0v) is 30.2. The largest absolute Gasteiger partial charge is 0.513 e. The molecule has 282 valence electrons. The molecule has 4 aromatic rings. The van der Waals surface area contributed by atoms with Gasteiger partial charge in [0.15, 0.2) is 11.6 Å². The van der Waals surface area contributed by atoms with Gasteiger partial charge in [0.25, 0.3) is 0 Å². The Labute approximate surface area is 313 Å². The summed E-state index contributed by atoms with van der Waals surface area (Å²) >= 11 is 0. The summed E-state index contributed by atoms with van der Waals surface area (Å²) in [5.41, 5.74) is -0.833. The van der Waals surface area contributed by atoms with Gasteiger partial charge < -0.3 is 18.9 Å². The lowest BCUT2D eigenvalue weighted by Gasteiger charge is -2.12. The van der Waals surface area contributed by atoms with E-state index in [2.05, 4.69) is 13.8 Å². The van der Waals surface area contributed by atoms with E-state index in [1.807, 2.05) is 0 Å². The van der Waals surface area contributed by atoms with Crippen molar-refractivity contribution in [2.75, 3.05) is 13.2 Å². The summed E-state index contributed by atoms with van der Waals surface area (Å²) in [4.78, 5) is 88.2. The number of rotatable bonds is 18. The van der Waals surface area contributed by atoms with Crippen LogP contribution in [0.3, 0.4) is 0 Å². The van der Waals surface area contributed by atoms with Crippen LogP contribution in [0.4, 0.5) is 9.59 Å². The van der Waals surface area contributed by atoms with E-state index in [0.29, 0.717) is 12.8 Å². The van der Waals surface area contributed by atoms with E-state index in [1.54, 1.807) is 24.3 Å². The van der Waals surface area contributed by atoms with Crippen LogP contribution in [0.15, 0.2) is 97.1 Å². The maximum absolute atomic E-state index is 13.7. The lowest BCUT2D eigenvalue weighted by atomic mass is 9.97. The molecule has 0 aromatic heterocycles. The number of para-hydroxylation sites is 2. The van der Waals surface area contributed by atoms with Crippen LogP contribution in [-0.2, 0) is 19.2 Å². The van der Waals surface area contributed by atoms with Crippen molar-refractivity contribution < 1.29 is 57.5 Å². The van der Waals surface area contributed by atoms with Crippen LogP contribution >= 0.6 is 0 Å². The van der Waals surface area contributed by atoms with Crippen molar-refractivity contribution in [2.24, 2.45) is 0 Å². The van der Waals surface area contributed by atoms with E-state index in [4.69, 9.17) is 28.7 Å². The Morgan fingerprint density at radius 3 is 1.11 bits per heavy atom. The van der Waals surface area contributed by atoms with Crippen LogP contribution in [0.25, 0.3) is 0 Å². The highest BCUT2D eigenvalue weighted by molar-refractivity contribution is 6.17. The van der Waals surface area contributed by atoms with Gasteiger partial charge in [0.05, 0.1) is 35.5 Å². The molecular formula is C42H42O12. The van der Waals surface area contributed by atoms with Gasteiger partial charge >= 0.3 is 24.2 Å². The monoisotopic (exact) mass is 738 g/mol. The van der Waals surface area contributed by atoms with Gasteiger partial charge in [0.2, 0.25) is 0 Å². The Balaban J connectivity index is 1.44.